The molecule has 142 valence electrons. The maximum atomic E-state index is 11.8. The number of primary amides is 1. The smallest absolute Gasteiger partial charge is 0.267 e. The number of piperidine rings is 1. The van der Waals surface area contributed by atoms with Crippen LogP contribution in [-0.2, 0) is 6.42 Å². The molecular weight excluding hydrogens is 348 g/mol. The number of hydrogen-bond acceptors (Lipinski definition) is 4. The van der Waals surface area contributed by atoms with Gasteiger partial charge in [-0.3, -0.25) is 4.79 Å². The Hall–Kier alpha value is -3.21. The van der Waals surface area contributed by atoms with Crippen molar-refractivity contribution in [3.05, 3.63) is 78.0 Å². The molecule has 1 saturated heterocycles. The summed E-state index contributed by atoms with van der Waals surface area (Å²) in [6.45, 7) is 1.77. The lowest BCUT2D eigenvalue weighted by molar-refractivity contribution is 0.0995. The van der Waals surface area contributed by atoms with Gasteiger partial charge in [0.05, 0.1) is 5.69 Å². The molecule has 1 amide bonds. The molecule has 5 heteroatoms. The van der Waals surface area contributed by atoms with E-state index in [2.05, 4.69) is 40.2 Å². The minimum absolute atomic E-state index is 0.260. The summed E-state index contributed by atoms with van der Waals surface area (Å²) >= 11 is 0. The van der Waals surface area contributed by atoms with Gasteiger partial charge in [0, 0.05) is 18.7 Å². The third-order valence-electron chi connectivity index (χ3n) is 5.30. The zero-order valence-electron chi connectivity index (χ0n) is 15.8. The first-order valence-corrected chi connectivity index (χ1v) is 9.72. The molecule has 2 heterocycles. The Morgan fingerprint density at radius 2 is 1.61 bits per heavy atom. The molecule has 2 aromatic carbocycles. The molecule has 0 unspecified atom stereocenters. The van der Waals surface area contributed by atoms with Gasteiger partial charge in [0.2, 0.25) is 5.95 Å². The number of nitrogens with two attached hydrogens (primary N) is 1. The Bertz CT molecular complexity index is 935. The lowest BCUT2D eigenvalue weighted by Crippen LogP contribution is -2.36. The summed E-state index contributed by atoms with van der Waals surface area (Å²) in [5.41, 5.74) is 8.85. The van der Waals surface area contributed by atoms with Gasteiger partial charge in [-0.1, -0.05) is 60.7 Å². The summed E-state index contributed by atoms with van der Waals surface area (Å²) in [4.78, 5) is 23.1. The van der Waals surface area contributed by atoms with E-state index in [9.17, 15) is 4.79 Å². The number of amides is 1. The van der Waals surface area contributed by atoms with Gasteiger partial charge in [0.25, 0.3) is 5.91 Å². The summed E-state index contributed by atoms with van der Waals surface area (Å²) in [7, 11) is 0. The first-order chi connectivity index (χ1) is 13.7. The Labute approximate surface area is 165 Å². The van der Waals surface area contributed by atoms with E-state index in [-0.39, 0.29) is 5.69 Å². The highest BCUT2D eigenvalue weighted by Gasteiger charge is 2.22. The molecule has 1 aliphatic heterocycles. The predicted octanol–water partition coefficient (Wildman–Crippen LogP) is 3.70. The zero-order chi connectivity index (χ0) is 19.3. The first-order valence-electron chi connectivity index (χ1n) is 9.72. The average molecular weight is 372 g/mol. The van der Waals surface area contributed by atoms with Gasteiger partial charge in [-0.2, -0.15) is 0 Å². The summed E-state index contributed by atoms with van der Waals surface area (Å²) < 4.78 is 0. The van der Waals surface area contributed by atoms with Crippen LogP contribution < -0.4 is 10.6 Å². The SMILES string of the molecule is NC(=O)c1cc(-c2ccccc2)nc(N2CCC(Cc3ccccc3)CC2)n1. The number of hydrogen-bond donors (Lipinski definition) is 1. The van der Waals surface area contributed by atoms with Gasteiger partial charge >= 0.3 is 0 Å². The molecule has 1 aromatic heterocycles. The van der Waals surface area contributed by atoms with Crippen LogP contribution in [0.1, 0.15) is 28.9 Å². The second kappa shape index (κ2) is 8.21. The molecular formula is C23H24N4O. The molecule has 0 radical (unpaired) electrons. The fraction of sp³-hybridized carbons (Fsp3) is 0.261. The molecule has 0 spiro atoms. The molecule has 3 aromatic rings. The van der Waals surface area contributed by atoms with Crippen molar-refractivity contribution in [2.24, 2.45) is 11.7 Å². The largest absolute Gasteiger partial charge is 0.364 e. The van der Waals surface area contributed by atoms with E-state index in [4.69, 9.17) is 10.7 Å². The fourth-order valence-electron chi connectivity index (χ4n) is 3.74. The van der Waals surface area contributed by atoms with Crippen LogP contribution in [0.2, 0.25) is 0 Å². The Kier molecular flexibility index (Phi) is 5.33. The van der Waals surface area contributed by atoms with Crippen LogP contribution in [0.5, 0.6) is 0 Å². The molecule has 0 atom stereocenters. The first kappa shape index (κ1) is 18.2. The molecule has 1 fully saturated rings. The average Bonchev–Trinajstić information content (AvgIpc) is 2.75. The van der Waals surface area contributed by atoms with E-state index in [1.807, 2.05) is 30.3 Å². The van der Waals surface area contributed by atoms with Gasteiger partial charge in [0.15, 0.2) is 0 Å². The summed E-state index contributed by atoms with van der Waals surface area (Å²) in [5, 5.41) is 0. The number of anilines is 1. The van der Waals surface area contributed by atoms with Crippen LogP contribution in [0.4, 0.5) is 5.95 Å². The molecule has 28 heavy (non-hydrogen) atoms. The normalized spacial score (nSPS) is 14.8. The maximum absolute atomic E-state index is 11.8. The van der Waals surface area contributed by atoms with Crippen molar-refractivity contribution in [3.8, 4) is 11.3 Å². The number of carbonyl (C=O) groups excluding carboxylic acids is 1. The van der Waals surface area contributed by atoms with E-state index in [1.54, 1.807) is 6.07 Å². The Morgan fingerprint density at radius 1 is 0.964 bits per heavy atom. The number of rotatable bonds is 5. The second-order valence-corrected chi connectivity index (χ2v) is 7.29. The minimum atomic E-state index is -0.528. The van der Waals surface area contributed by atoms with Crippen LogP contribution in [0.25, 0.3) is 11.3 Å². The van der Waals surface area contributed by atoms with E-state index in [1.165, 1.54) is 5.56 Å². The molecule has 1 aliphatic rings. The molecule has 0 bridgehead atoms. The van der Waals surface area contributed by atoms with Gasteiger partial charge in [0.1, 0.15) is 5.69 Å². The van der Waals surface area contributed by atoms with E-state index < -0.39 is 5.91 Å². The predicted molar refractivity (Wildman–Crippen MR) is 111 cm³/mol. The topological polar surface area (TPSA) is 72.1 Å². The molecule has 0 aliphatic carbocycles. The van der Waals surface area contributed by atoms with Gasteiger partial charge in [-0.05, 0) is 36.8 Å². The quantitative estimate of drug-likeness (QED) is 0.741. The van der Waals surface area contributed by atoms with Crippen LogP contribution in [-0.4, -0.2) is 29.0 Å². The second-order valence-electron chi connectivity index (χ2n) is 7.29. The lowest BCUT2D eigenvalue weighted by Gasteiger charge is -2.32. The molecule has 0 saturated carbocycles. The van der Waals surface area contributed by atoms with Crippen LogP contribution >= 0.6 is 0 Å². The van der Waals surface area contributed by atoms with Crippen molar-refractivity contribution in [1.29, 1.82) is 0 Å². The summed E-state index contributed by atoms with van der Waals surface area (Å²) in [6.07, 6.45) is 3.27. The van der Waals surface area contributed by atoms with Crippen molar-refractivity contribution in [3.63, 3.8) is 0 Å². The van der Waals surface area contributed by atoms with Crippen molar-refractivity contribution in [1.82, 2.24) is 9.97 Å². The molecule has 2 N–H and O–H groups in total. The lowest BCUT2D eigenvalue weighted by atomic mass is 9.90. The highest BCUT2D eigenvalue weighted by molar-refractivity contribution is 5.92. The number of aromatic nitrogens is 2. The van der Waals surface area contributed by atoms with Gasteiger partial charge in [-0.25, -0.2) is 9.97 Å². The Morgan fingerprint density at radius 3 is 2.25 bits per heavy atom. The maximum Gasteiger partial charge on any atom is 0.267 e. The van der Waals surface area contributed by atoms with Crippen LogP contribution in [0.15, 0.2) is 66.7 Å². The number of nitrogens with zero attached hydrogens (tertiary/aromatic N) is 3. The van der Waals surface area contributed by atoms with E-state index in [0.717, 1.165) is 43.6 Å². The standard InChI is InChI=1S/C23H24N4O/c24-22(28)21-16-20(19-9-5-2-6-10-19)25-23(26-21)27-13-11-18(12-14-27)15-17-7-3-1-4-8-17/h1-10,16,18H,11-15H2,(H2,24,28). The van der Waals surface area contributed by atoms with E-state index >= 15 is 0 Å². The molecule has 4 rings (SSSR count). The monoisotopic (exact) mass is 372 g/mol. The molecule has 5 nitrogen and oxygen atoms in total. The summed E-state index contributed by atoms with van der Waals surface area (Å²) in [5.74, 6) is 0.722. The highest BCUT2D eigenvalue weighted by Crippen LogP contribution is 2.26. The Balaban J connectivity index is 1.51. The number of benzene rings is 2. The van der Waals surface area contributed by atoms with Crippen molar-refractivity contribution in [2.75, 3.05) is 18.0 Å². The third kappa shape index (κ3) is 4.19. The highest BCUT2D eigenvalue weighted by atomic mass is 16.1. The zero-order valence-corrected chi connectivity index (χ0v) is 15.8. The fourth-order valence-corrected chi connectivity index (χ4v) is 3.74. The van der Waals surface area contributed by atoms with Crippen LogP contribution in [0.3, 0.4) is 0 Å². The van der Waals surface area contributed by atoms with Crippen molar-refractivity contribution >= 4 is 11.9 Å². The van der Waals surface area contributed by atoms with E-state index in [0.29, 0.717) is 11.9 Å². The number of carbonyl (C=O) groups is 1. The van der Waals surface area contributed by atoms with Gasteiger partial charge in [-0.15, -0.1) is 0 Å². The van der Waals surface area contributed by atoms with Gasteiger partial charge < -0.3 is 10.6 Å². The third-order valence-corrected chi connectivity index (χ3v) is 5.30. The van der Waals surface area contributed by atoms with Crippen LogP contribution in [0, 0.1) is 5.92 Å². The van der Waals surface area contributed by atoms with Crippen molar-refractivity contribution in [2.45, 2.75) is 19.3 Å². The minimum Gasteiger partial charge on any atom is -0.364 e. The summed E-state index contributed by atoms with van der Waals surface area (Å²) in [6, 6.07) is 22.1. The van der Waals surface area contributed by atoms with Crippen molar-refractivity contribution < 1.29 is 4.79 Å².